The highest BCUT2D eigenvalue weighted by atomic mass is 33.1. The number of nitrogens with one attached hydrogen (secondary N) is 6. The number of benzene rings is 1. The lowest BCUT2D eigenvalue weighted by Crippen LogP contribution is -2.48. The van der Waals surface area contributed by atoms with Crippen molar-refractivity contribution in [1.82, 2.24) is 31.9 Å². The van der Waals surface area contributed by atoms with Gasteiger partial charge >= 0.3 is 41.9 Å². The van der Waals surface area contributed by atoms with Crippen LogP contribution >= 0.6 is 21.6 Å². The lowest BCUT2D eigenvalue weighted by Gasteiger charge is -2.21. The number of urea groups is 2. The lowest BCUT2D eigenvalue weighted by atomic mass is 9.93. The Bertz CT molecular complexity index is 1600. The first-order valence-electron chi connectivity index (χ1n) is 18.0. The number of carboxylic acids is 5. The van der Waals surface area contributed by atoms with E-state index in [1.807, 2.05) is 6.92 Å². The Kier molecular flexibility index (Phi) is 24.3. The van der Waals surface area contributed by atoms with E-state index in [1.165, 1.54) is 21.6 Å². The van der Waals surface area contributed by atoms with Crippen molar-refractivity contribution in [1.29, 1.82) is 0 Å². The molecule has 6 amide bonds. The van der Waals surface area contributed by atoms with Crippen LogP contribution in [0.2, 0.25) is 0 Å². The number of carbonyl (C=O) groups is 10. The molecule has 4 atom stereocenters. The quantitative estimate of drug-likeness (QED) is 0.0376. The van der Waals surface area contributed by atoms with Gasteiger partial charge in [0.05, 0.1) is 31.2 Å². The maximum Gasteiger partial charge on any atom is 0.327 e. The Labute approximate surface area is 341 Å². The Balaban J connectivity index is 2.63. The number of carbonyl (C=O) groups excluding carboxylic acids is 5. The highest BCUT2D eigenvalue weighted by molar-refractivity contribution is 8.76. The average Bonchev–Trinajstić information content (AvgIpc) is 3.14. The predicted octanol–water partition coefficient (Wildman–Crippen LogP) is 0.796. The van der Waals surface area contributed by atoms with Crippen LogP contribution in [-0.2, 0) is 51.3 Å². The molecule has 0 spiro atoms. The van der Waals surface area contributed by atoms with Crippen LogP contribution in [0.3, 0.4) is 0 Å². The molecule has 0 fully saturated rings. The molecule has 23 heteroatoms. The van der Waals surface area contributed by atoms with Crippen LogP contribution in [0.25, 0.3) is 0 Å². The highest BCUT2D eigenvalue weighted by Crippen LogP contribution is 2.22. The zero-order chi connectivity index (χ0) is 43.6. The summed E-state index contributed by atoms with van der Waals surface area (Å²) in [5.74, 6) is -10.2. The van der Waals surface area contributed by atoms with Gasteiger partial charge in [-0.25, -0.2) is 19.2 Å². The molecule has 0 aromatic heterocycles. The van der Waals surface area contributed by atoms with E-state index in [0.717, 1.165) is 0 Å². The molecule has 0 aliphatic rings. The Hall–Kier alpha value is -5.58. The normalized spacial score (nSPS) is 12.7. The minimum atomic E-state index is -1.62. The topological polar surface area (TPSA) is 344 Å². The van der Waals surface area contributed by atoms with Gasteiger partial charge in [-0.15, -0.1) is 0 Å². The molecule has 322 valence electrons. The van der Waals surface area contributed by atoms with Crippen LogP contribution in [-0.4, -0.2) is 128 Å². The number of unbranched alkanes of at least 4 members (excludes halogenated alkanes) is 1. The van der Waals surface area contributed by atoms with E-state index in [1.54, 1.807) is 24.3 Å². The summed E-state index contributed by atoms with van der Waals surface area (Å²) in [6.45, 7) is 2.20. The Morgan fingerprint density at radius 1 is 0.603 bits per heavy atom. The van der Waals surface area contributed by atoms with Crippen molar-refractivity contribution in [2.24, 2.45) is 5.92 Å². The van der Waals surface area contributed by atoms with E-state index in [9.17, 15) is 68.4 Å². The van der Waals surface area contributed by atoms with Gasteiger partial charge in [0.15, 0.2) is 5.78 Å². The average molecular weight is 859 g/mol. The minimum Gasteiger partial charge on any atom is -0.481 e. The largest absolute Gasteiger partial charge is 0.481 e. The summed E-state index contributed by atoms with van der Waals surface area (Å²) < 4.78 is 0. The molecular formula is C35H50N6O15S2. The van der Waals surface area contributed by atoms with Crippen molar-refractivity contribution < 1.29 is 73.5 Å². The van der Waals surface area contributed by atoms with Crippen LogP contribution < -0.4 is 31.9 Å². The number of Topliss-reactive ketones (excluding diaryl/α,β-unsaturated/α-hetero) is 1. The van der Waals surface area contributed by atoms with Crippen molar-refractivity contribution in [3.63, 3.8) is 0 Å². The fourth-order valence-electron chi connectivity index (χ4n) is 4.97. The molecule has 0 radical (unpaired) electrons. The first-order chi connectivity index (χ1) is 27.4. The number of rotatable bonds is 30. The SMILES string of the molecule is CCSSC[C@H](NC(=O)[C@@H](CC(=O)O)CC(=O)[C@@H](CC(=O)O)NC(=O)Cc1ccc(CNC(=O)NCCCC[C@H](NC(=O)NCCCC(=O)O)C(=O)O)cc1)C(=O)O. The fraction of sp³-hybridized carbons (Fsp3) is 0.543. The highest BCUT2D eigenvalue weighted by Gasteiger charge is 2.32. The second-order valence-corrected chi connectivity index (χ2v) is 15.5. The predicted molar refractivity (Wildman–Crippen MR) is 209 cm³/mol. The smallest absolute Gasteiger partial charge is 0.327 e. The second-order valence-electron chi connectivity index (χ2n) is 12.7. The Morgan fingerprint density at radius 3 is 1.79 bits per heavy atom. The lowest BCUT2D eigenvalue weighted by molar-refractivity contribution is -0.145. The maximum atomic E-state index is 13.1. The third-order valence-electron chi connectivity index (χ3n) is 7.89. The maximum absolute atomic E-state index is 13.1. The molecule has 1 aromatic rings. The van der Waals surface area contributed by atoms with Crippen molar-refractivity contribution in [2.75, 3.05) is 24.6 Å². The molecule has 0 bridgehead atoms. The van der Waals surface area contributed by atoms with Gasteiger partial charge < -0.3 is 57.4 Å². The third kappa shape index (κ3) is 22.8. The molecule has 1 aromatic carbocycles. The first-order valence-corrected chi connectivity index (χ1v) is 20.5. The van der Waals surface area contributed by atoms with Crippen LogP contribution in [0.5, 0.6) is 0 Å². The van der Waals surface area contributed by atoms with Gasteiger partial charge in [-0.1, -0.05) is 52.8 Å². The molecule has 0 heterocycles. The summed E-state index contributed by atoms with van der Waals surface area (Å²) >= 11 is 0. The van der Waals surface area contributed by atoms with Gasteiger partial charge in [-0.2, -0.15) is 0 Å². The van der Waals surface area contributed by atoms with Gasteiger partial charge in [0, 0.05) is 44.0 Å². The number of hydrogen-bond acceptors (Lipinski definition) is 12. The molecule has 0 aliphatic heterocycles. The first kappa shape index (κ1) is 50.4. The summed E-state index contributed by atoms with van der Waals surface area (Å²) in [5, 5.41) is 60.7. The van der Waals surface area contributed by atoms with Crippen molar-refractivity contribution >= 4 is 81.1 Å². The van der Waals surface area contributed by atoms with Crippen LogP contribution in [0.15, 0.2) is 24.3 Å². The van der Waals surface area contributed by atoms with Crippen molar-refractivity contribution in [3.8, 4) is 0 Å². The summed E-state index contributed by atoms with van der Waals surface area (Å²) in [5.41, 5.74) is 1.10. The molecule has 0 saturated heterocycles. The van der Waals surface area contributed by atoms with Crippen LogP contribution in [0.1, 0.15) is 69.4 Å². The van der Waals surface area contributed by atoms with Gasteiger partial charge in [0.1, 0.15) is 12.1 Å². The molecule has 0 aliphatic carbocycles. The number of aliphatic carboxylic acids is 5. The number of carboxylic acid groups (broad SMARTS) is 5. The zero-order valence-corrected chi connectivity index (χ0v) is 33.3. The standard InChI is InChI=1S/C35H50N6O15S2/c1-2-57-58-19-25(33(53)54)40-31(50)22(16-29(46)47)15-26(42)24(17-30(48)49)39-27(43)14-20-8-10-21(11-9-20)18-38-34(55)36-12-4-3-6-23(32(51)52)41-35(56)37-13-5-7-28(44)45/h8-11,22-25H,2-7,12-19H2,1H3,(H,39,43)(H,40,50)(H,44,45)(H,46,47)(H,48,49)(H,51,52)(H,53,54)(H2,36,38,55)(H2,37,41,56)/t22-,23+,24-,25+/m1/s1. The molecule has 0 unspecified atom stereocenters. The Morgan fingerprint density at radius 2 is 1.21 bits per heavy atom. The summed E-state index contributed by atoms with van der Waals surface area (Å²) in [6.07, 6.45) is -1.90. The van der Waals surface area contributed by atoms with E-state index >= 15 is 0 Å². The van der Waals surface area contributed by atoms with Crippen molar-refractivity contribution in [3.05, 3.63) is 35.4 Å². The fourth-order valence-corrected chi connectivity index (χ4v) is 6.79. The molecule has 21 nitrogen and oxygen atoms in total. The molecular weight excluding hydrogens is 809 g/mol. The summed E-state index contributed by atoms with van der Waals surface area (Å²) in [7, 11) is 2.53. The molecule has 1 rings (SSSR count). The van der Waals surface area contributed by atoms with E-state index < -0.39 is 103 Å². The third-order valence-corrected chi connectivity index (χ3v) is 10.4. The molecule has 58 heavy (non-hydrogen) atoms. The van der Waals surface area contributed by atoms with Gasteiger partial charge in [0.2, 0.25) is 11.8 Å². The minimum absolute atomic E-state index is 0.0376. The summed E-state index contributed by atoms with van der Waals surface area (Å²) in [4.78, 5) is 120. The van der Waals surface area contributed by atoms with E-state index in [-0.39, 0.29) is 51.1 Å². The monoisotopic (exact) mass is 858 g/mol. The molecule has 0 saturated carbocycles. The van der Waals surface area contributed by atoms with Crippen LogP contribution in [0.4, 0.5) is 9.59 Å². The van der Waals surface area contributed by atoms with E-state index in [4.69, 9.17) is 5.11 Å². The van der Waals surface area contributed by atoms with Gasteiger partial charge in [-0.3, -0.25) is 28.8 Å². The zero-order valence-electron chi connectivity index (χ0n) is 31.7. The van der Waals surface area contributed by atoms with Gasteiger partial charge in [0.25, 0.3) is 0 Å². The van der Waals surface area contributed by atoms with Gasteiger partial charge in [-0.05, 0) is 36.8 Å². The van der Waals surface area contributed by atoms with Crippen LogP contribution in [0, 0.1) is 5.92 Å². The number of amides is 6. The van der Waals surface area contributed by atoms with E-state index in [2.05, 4.69) is 31.9 Å². The molecule has 11 N–H and O–H groups in total. The summed E-state index contributed by atoms with van der Waals surface area (Å²) in [6, 6.07) is 0.932. The van der Waals surface area contributed by atoms with E-state index in [0.29, 0.717) is 29.7 Å². The number of ketones is 1. The van der Waals surface area contributed by atoms with Crippen molar-refractivity contribution in [2.45, 2.75) is 89.4 Å². The second kappa shape index (κ2) is 27.9. The number of hydrogen-bond donors (Lipinski definition) is 11.